The predicted molar refractivity (Wildman–Crippen MR) is 77.1 cm³/mol. The maximum Gasteiger partial charge on any atom is 0.120 e. The van der Waals surface area contributed by atoms with Crippen LogP contribution in [0.1, 0.15) is 54.2 Å². The lowest BCUT2D eigenvalue weighted by atomic mass is 9.99. The molecule has 19 heavy (non-hydrogen) atoms. The monoisotopic (exact) mass is 258 g/mol. The van der Waals surface area contributed by atoms with Gasteiger partial charge in [-0.3, -0.25) is 4.98 Å². The Bertz CT molecular complexity index is 523. The van der Waals surface area contributed by atoms with Crippen LogP contribution in [0, 0.1) is 20.8 Å². The molecule has 0 fully saturated rings. The number of nitrogens with zero attached hydrogens (tertiary/aromatic N) is 1. The van der Waals surface area contributed by atoms with Gasteiger partial charge in [0.15, 0.2) is 0 Å². The third kappa shape index (κ3) is 3.04. The minimum absolute atomic E-state index is 0.185. The van der Waals surface area contributed by atoms with Crippen LogP contribution in [0.3, 0.4) is 0 Å². The Morgan fingerprint density at radius 2 is 1.89 bits per heavy atom. The van der Waals surface area contributed by atoms with Crippen molar-refractivity contribution in [3.05, 3.63) is 52.7 Å². The number of hydrogen-bond acceptors (Lipinski definition) is 3. The summed E-state index contributed by atoms with van der Waals surface area (Å²) >= 11 is 0. The fourth-order valence-electron chi connectivity index (χ4n) is 2.77. The Kier molecular flexibility index (Phi) is 4.05. The van der Waals surface area contributed by atoms with Crippen molar-refractivity contribution in [2.45, 2.75) is 46.7 Å². The molecule has 0 bridgehead atoms. The van der Waals surface area contributed by atoms with E-state index in [1.54, 1.807) is 6.26 Å². The summed E-state index contributed by atoms with van der Waals surface area (Å²) in [5, 5.41) is 3.57. The number of aromatic nitrogens is 1. The smallest absolute Gasteiger partial charge is 0.120 e. The van der Waals surface area contributed by atoms with Crippen LogP contribution in [0.2, 0.25) is 0 Å². The molecule has 0 aliphatic heterocycles. The molecule has 0 radical (unpaired) electrons. The summed E-state index contributed by atoms with van der Waals surface area (Å²) in [6.07, 6.45) is 1.71. The minimum atomic E-state index is 0.185. The SMILES string of the molecule is Cc1cc(C)c(C(C)N[C@H](C)c2ccco2)c(C)n1. The molecule has 0 aliphatic carbocycles. The maximum atomic E-state index is 5.43. The second kappa shape index (κ2) is 5.57. The van der Waals surface area contributed by atoms with E-state index >= 15 is 0 Å². The van der Waals surface area contributed by atoms with Crippen molar-refractivity contribution in [1.82, 2.24) is 10.3 Å². The topological polar surface area (TPSA) is 38.1 Å². The van der Waals surface area contributed by atoms with Crippen molar-refractivity contribution >= 4 is 0 Å². The number of aryl methyl sites for hydroxylation is 3. The lowest BCUT2D eigenvalue weighted by Gasteiger charge is -2.22. The van der Waals surface area contributed by atoms with Gasteiger partial charge in [-0.2, -0.15) is 0 Å². The minimum Gasteiger partial charge on any atom is -0.468 e. The molecule has 0 spiro atoms. The van der Waals surface area contributed by atoms with E-state index in [1.807, 2.05) is 19.1 Å². The number of rotatable bonds is 4. The summed E-state index contributed by atoms with van der Waals surface area (Å²) in [5.41, 5.74) is 4.75. The van der Waals surface area contributed by atoms with E-state index in [1.165, 1.54) is 11.1 Å². The summed E-state index contributed by atoms with van der Waals surface area (Å²) in [4.78, 5) is 4.56. The van der Waals surface area contributed by atoms with Gasteiger partial charge >= 0.3 is 0 Å². The van der Waals surface area contributed by atoms with Crippen LogP contribution in [-0.4, -0.2) is 4.98 Å². The molecule has 1 N–H and O–H groups in total. The van der Waals surface area contributed by atoms with E-state index in [-0.39, 0.29) is 12.1 Å². The summed E-state index contributed by atoms with van der Waals surface area (Å²) < 4.78 is 5.43. The van der Waals surface area contributed by atoms with Crippen LogP contribution in [0.5, 0.6) is 0 Å². The molecule has 0 aliphatic rings. The van der Waals surface area contributed by atoms with Gasteiger partial charge in [0.2, 0.25) is 0 Å². The normalized spacial score (nSPS) is 14.4. The van der Waals surface area contributed by atoms with E-state index < -0.39 is 0 Å². The second-order valence-electron chi connectivity index (χ2n) is 5.21. The summed E-state index contributed by atoms with van der Waals surface area (Å²) in [7, 11) is 0. The van der Waals surface area contributed by atoms with E-state index in [4.69, 9.17) is 4.42 Å². The van der Waals surface area contributed by atoms with Crippen molar-refractivity contribution in [2.24, 2.45) is 0 Å². The van der Waals surface area contributed by atoms with Crippen LogP contribution in [-0.2, 0) is 0 Å². The molecular weight excluding hydrogens is 236 g/mol. The number of hydrogen-bond donors (Lipinski definition) is 1. The lowest BCUT2D eigenvalue weighted by Crippen LogP contribution is -2.24. The van der Waals surface area contributed by atoms with Gasteiger partial charge in [0.1, 0.15) is 5.76 Å². The van der Waals surface area contributed by atoms with E-state index in [0.717, 1.165) is 17.1 Å². The third-order valence-corrected chi connectivity index (χ3v) is 3.49. The van der Waals surface area contributed by atoms with Crippen LogP contribution >= 0.6 is 0 Å². The van der Waals surface area contributed by atoms with Crippen LogP contribution in [0.15, 0.2) is 28.9 Å². The standard InChI is InChI=1S/C16H22N2O/c1-10-9-11(2)17-13(4)16(10)14(5)18-12(3)15-7-6-8-19-15/h6-9,12,14,18H,1-5H3/t12-,14?/m1/s1. The Balaban J connectivity index is 2.18. The van der Waals surface area contributed by atoms with Crippen molar-refractivity contribution in [1.29, 1.82) is 0 Å². The molecule has 0 amide bonds. The predicted octanol–water partition coefficient (Wildman–Crippen LogP) is 4.01. The first-order chi connectivity index (χ1) is 8.99. The highest BCUT2D eigenvalue weighted by atomic mass is 16.3. The molecule has 2 aromatic heterocycles. The molecule has 2 rings (SSSR count). The van der Waals surface area contributed by atoms with Gasteiger partial charge < -0.3 is 9.73 Å². The summed E-state index contributed by atoms with van der Waals surface area (Å²) in [6, 6.07) is 6.48. The molecular formula is C16H22N2O. The van der Waals surface area contributed by atoms with E-state index in [2.05, 4.69) is 44.1 Å². The third-order valence-electron chi connectivity index (χ3n) is 3.49. The molecule has 0 saturated carbocycles. The van der Waals surface area contributed by atoms with Gasteiger partial charge in [-0.1, -0.05) is 0 Å². The summed E-state index contributed by atoms with van der Waals surface area (Å²) in [6.45, 7) is 10.5. The van der Waals surface area contributed by atoms with Gasteiger partial charge in [0, 0.05) is 17.4 Å². The lowest BCUT2D eigenvalue weighted by molar-refractivity contribution is 0.401. The molecule has 1 unspecified atom stereocenters. The Morgan fingerprint density at radius 3 is 2.47 bits per heavy atom. The molecule has 2 atom stereocenters. The second-order valence-corrected chi connectivity index (χ2v) is 5.21. The fraction of sp³-hybridized carbons (Fsp3) is 0.438. The van der Waals surface area contributed by atoms with Gasteiger partial charge in [0.25, 0.3) is 0 Å². The molecule has 102 valence electrons. The Labute approximate surface area is 115 Å². The highest BCUT2D eigenvalue weighted by Crippen LogP contribution is 2.24. The zero-order valence-corrected chi connectivity index (χ0v) is 12.3. The molecule has 3 nitrogen and oxygen atoms in total. The molecule has 0 aromatic carbocycles. The molecule has 3 heteroatoms. The van der Waals surface area contributed by atoms with Gasteiger partial charge in [-0.15, -0.1) is 0 Å². The van der Waals surface area contributed by atoms with Gasteiger partial charge in [0.05, 0.1) is 12.3 Å². The quantitative estimate of drug-likeness (QED) is 0.900. The van der Waals surface area contributed by atoms with Crippen molar-refractivity contribution in [3.63, 3.8) is 0 Å². The first-order valence-corrected chi connectivity index (χ1v) is 6.73. The van der Waals surface area contributed by atoms with Gasteiger partial charge in [-0.05, 0) is 63.9 Å². The van der Waals surface area contributed by atoms with Gasteiger partial charge in [-0.25, -0.2) is 0 Å². The van der Waals surface area contributed by atoms with Crippen LogP contribution < -0.4 is 5.32 Å². The largest absolute Gasteiger partial charge is 0.468 e. The average Bonchev–Trinajstić information content (AvgIpc) is 2.80. The first-order valence-electron chi connectivity index (χ1n) is 6.73. The summed E-state index contributed by atoms with van der Waals surface area (Å²) in [5.74, 6) is 0.960. The zero-order chi connectivity index (χ0) is 14.0. The molecule has 2 heterocycles. The highest BCUT2D eigenvalue weighted by Gasteiger charge is 2.17. The van der Waals surface area contributed by atoms with E-state index in [0.29, 0.717) is 0 Å². The molecule has 2 aromatic rings. The maximum absolute atomic E-state index is 5.43. The van der Waals surface area contributed by atoms with Crippen LogP contribution in [0.4, 0.5) is 0 Å². The zero-order valence-electron chi connectivity index (χ0n) is 12.3. The number of pyridine rings is 1. The fourth-order valence-corrected chi connectivity index (χ4v) is 2.77. The molecule has 0 saturated heterocycles. The highest BCUT2D eigenvalue weighted by molar-refractivity contribution is 5.33. The van der Waals surface area contributed by atoms with Crippen LogP contribution in [0.25, 0.3) is 0 Å². The Morgan fingerprint density at radius 1 is 1.16 bits per heavy atom. The van der Waals surface area contributed by atoms with Crippen molar-refractivity contribution in [3.8, 4) is 0 Å². The number of nitrogens with one attached hydrogen (secondary N) is 1. The first kappa shape index (κ1) is 13.8. The van der Waals surface area contributed by atoms with E-state index in [9.17, 15) is 0 Å². The van der Waals surface area contributed by atoms with Crippen molar-refractivity contribution in [2.75, 3.05) is 0 Å². The Hall–Kier alpha value is -1.61. The number of furan rings is 1. The van der Waals surface area contributed by atoms with Crippen molar-refractivity contribution < 1.29 is 4.42 Å². The average molecular weight is 258 g/mol.